The summed E-state index contributed by atoms with van der Waals surface area (Å²) < 4.78 is 0. The number of rotatable bonds is 2. The highest BCUT2D eigenvalue weighted by Gasteiger charge is 2.18. The normalized spacial score (nSPS) is 15.5. The molecule has 0 spiro atoms. The number of pyridine rings is 1. The number of allylic oxidation sites excluding steroid dienone is 1. The lowest BCUT2D eigenvalue weighted by Crippen LogP contribution is -2.34. The van der Waals surface area contributed by atoms with Crippen molar-refractivity contribution in [1.82, 2.24) is 9.88 Å². The first-order valence-electron chi connectivity index (χ1n) is 7.30. The molecule has 4 heteroatoms. The van der Waals surface area contributed by atoms with Crippen molar-refractivity contribution in [2.24, 2.45) is 0 Å². The van der Waals surface area contributed by atoms with Crippen LogP contribution < -0.4 is 0 Å². The summed E-state index contributed by atoms with van der Waals surface area (Å²) in [5.74, 6) is -0.551. The van der Waals surface area contributed by atoms with Crippen LogP contribution in [0, 0.1) is 0 Å². The molecule has 1 aromatic heterocycles. The largest absolute Gasteiger partial charge is 0.275 e. The third kappa shape index (κ3) is 3.11. The fourth-order valence-electron chi connectivity index (χ4n) is 2.39. The second kappa shape index (κ2) is 6.35. The Morgan fingerprint density at radius 3 is 2.95 bits per heavy atom. The van der Waals surface area contributed by atoms with Crippen molar-refractivity contribution >= 4 is 28.8 Å². The van der Waals surface area contributed by atoms with Gasteiger partial charge in [-0.15, -0.1) is 0 Å². The topological polar surface area (TPSA) is 50.3 Å². The highest BCUT2D eigenvalue weighted by molar-refractivity contribution is 6.06. The summed E-state index contributed by atoms with van der Waals surface area (Å²) in [4.78, 5) is 29.7. The Bertz CT molecular complexity index is 778. The van der Waals surface area contributed by atoms with Crippen molar-refractivity contribution in [3.63, 3.8) is 0 Å². The van der Waals surface area contributed by atoms with Crippen LogP contribution in [0.1, 0.15) is 18.5 Å². The Balaban J connectivity index is 1.78. The quantitative estimate of drug-likeness (QED) is 0.800. The third-order valence-corrected chi connectivity index (χ3v) is 3.56. The van der Waals surface area contributed by atoms with Gasteiger partial charge in [0.05, 0.1) is 11.2 Å². The molecule has 0 fully saturated rings. The predicted octanol–water partition coefficient (Wildman–Crippen LogP) is 2.95. The number of hydrogen-bond donors (Lipinski definition) is 0. The molecule has 0 saturated carbocycles. The molecule has 0 N–H and O–H groups in total. The molecule has 3 rings (SSSR count). The summed E-state index contributed by atoms with van der Waals surface area (Å²) in [6.45, 7) is 0.458. The van der Waals surface area contributed by atoms with Crippen LogP contribution in [0.4, 0.5) is 0 Å². The number of aromatic nitrogens is 1. The fourth-order valence-corrected chi connectivity index (χ4v) is 2.39. The Hall–Kier alpha value is -2.75. The molecule has 0 atom stereocenters. The molecular weight excluding hydrogens is 276 g/mol. The monoisotopic (exact) mass is 292 g/mol. The van der Waals surface area contributed by atoms with Crippen LogP contribution in [0.15, 0.2) is 54.6 Å². The van der Waals surface area contributed by atoms with Gasteiger partial charge in [0.25, 0.3) is 11.8 Å². The van der Waals surface area contributed by atoms with Crippen LogP contribution in [0.3, 0.4) is 0 Å². The van der Waals surface area contributed by atoms with Gasteiger partial charge in [-0.2, -0.15) is 0 Å². The number of hydrogen-bond acceptors (Lipinski definition) is 3. The molecule has 22 heavy (non-hydrogen) atoms. The van der Waals surface area contributed by atoms with Crippen LogP contribution >= 0.6 is 0 Å². The molecule has 1 aliphatic rings. The van der Waals surface area contributed by atoms with Gasteiger partial charge in [-0.25, -0.2) is 4.98 Å². The minimum atomic E-state index is -0.300. The molecule has 0 aliphatic carbocycles. The van der Waals surface area contributed by atoms with Crippen LogP contribution in [0.2, 0.25) is 0 Å². The van der Waals surface area contributed by atoms with Gasteiger partial charge in [0, 0.05) is 18.0 Å². The first-order chi connectivity index (χ1) is 10.7. The second-order valence-electron chi connectivity index (χ2n) is 5.13. The van der Waals surface area contributed by atoms with Crippen molar-refractivity contribution in [1.29, 1.82) is 0 Å². The Kier molecular flexibility index (Phi) is 4.10. The van der Waals surface area contributed by atoms with E-state index in [1.165, 1.54) is 17.1 Å². The standard InChI is InChI=1S/C18H16N2O2/c21-17-8-2-1-5-13-20(17)18(22)12-11-15-10-9-14-6-3-4-7-16(14)19-15/h2-4,6-12H,1,5,13H2/b12-11+. The van der Waals surface area contributed by atoms with E-state index in [-0.39, 0.29) is 11.8 Å². The van der Waals surface area contributed by atoms with Gasteiger partial charge in [-0.3, -0.25) is 14.5 Å². The van der Waals surface area contributed by atoms with E-state index < -0.39 is 0 Å². The molecule has 0 radical (unpaired) electrons. The SMILES string of the molecule is O=C1C=CCCCN1C(=O)/C=C/c1ccc2ccccc2n1. The molecule has 2 heterocycles. The molecule has 1 aromatic carbocycles. The first-order valence-corrected chi connectivity index (χ1v) is 7.30. The predicted molar refractivity (Wildman–Crippen MR) is 85.9 cm³/mol. The van der Waals surface area contributed by atoms with Crippen LogP contribution in [-0.2, 0) is 9.59 Å². The van der Waals surface area contributed by atoms with Crippen molar-refractivity contribution in [2.75, 3.05) is 6.54 Å². The molecule has 4 nitrogen and oxygen atoms in total. The van der Waals surface area contributed by atoms with Crippen LogP contribution in [-0.4, -0.2) is 28.2 Å². The average molecular weight is 292 g/mol. The molecule has 1 aliphatic heterocycles. The number of fused-ring (bicyclic) bond motifs is 1. The zero-order valence-electron chi connectivity index (χ0n) is 12.1. The number of para-hydroxylation sites is 1. The van der Waals surface area contributed by atoms with Crippen molar-refractivity contribution in [3.8, 4) is 0 Å². The maximum absolute atomic E-state index is 12.2. The van der Waals surface area contributed by atoms with E-state index in [9.17, 15) is 9.59 Å². The molecular formula is C18H16N2O2. The summed E-state index contributed by atoms with van der Waals surface area (Å²) in [6.07, 6.45) is 7.96. The lowest BCUT2D eigenvalue weighted by molar-refractivity contribution is -0.138. The van der Waals surface area contributed by atoms with E-state index in [4.69, 9.17) is 0 Å². The van der Waals surface area contributed by atoms with Crippen molar-refractivity contribution in [3.05, 3.63) is 60.3 Å². The zero-order valence-corrected chi connectivity index (χ0v) is 12.1. The third-order valence-electron chi connectivity index (χ3n) is 3.56. The maximum atomic E-state index is 12.2. The van der Waals surface area contributed by atoms with Gasteiger partial charge in [0.2, 0.25) is 0 Å². The number of nitrogens with zero attached hydrogens (tertiary/aromatic N) is 2. The van der Waals surface area contributed by atoms with E-state index in [0.29, 0.717) is 12.2 Å². The Labute approximate surface area is 128 Å². The Morgan fingerprint density at radius 1 is 1.18 bits per heavy atom. The minimum absolute atomic E-state index is 0.251. The summed E-state index contributed by atoms with van der Waals surface area (Å²) >= 11 is 0. The molecule has 110 valence electrons. The van der Waals surface area contributed by atoms with E-state index in [1.54, 1.807) is 6.08 Å². The highest BCUT2D eigenvalue weighted by Crippen LogP contribution is 2.13. The van der Waals surface area contributed by atoms with E-state index in [2.05, 4.69) is 4.98 Å². The summed E-state index contributed by atoms with van der Waals surface area (Å²) in [6, 6.07) is 11.6. The number of imide groups is 1. The zero-order chi connectivity index (χ0) is 15.4. The first kappa shape index (κ1) is 14.2. The van der Waals surface area contributed by atoms with Gasteiger partial charge in [-0.05, 0) is 37.1 Å². The van der Waals surface area contributed by atoms with Gasteiger partial charge in [-0.1, -0.05) is 30.3 Å². The van der Waals surface area contributed by atoms with Gasteiger partial charge >= 0.3 is 0 Å². The minimum Gasteiger partial charge on any atom is -0.275 e. The second-order valence-corrected chi connectivity index (χ2v) is 5.13. The summed E-state index contributed by atoms with van der Waals surface area (Å²) in [5.41, 5.74) is 1.58. The summed E-state index contributed by atoms with van der Waals surface area (Å²) in [5, 5.41) is 1.05. The molecule has 2 amide bonds. The maximum Gasteiger partial charge on any atom is 0.253 e. The smallest absolute Gasteiger partial charge is 0.253 e. The number of carbonyl (C=O) groups is 2. The van der Waals surface area contributed by atoms with E-state index >= 15 is 0 Å². The summed E-state index contributed by atoms with van der Waals surface area (Å²) in [7, 11) is 0. The molecule has 0 bridgehead atoms. The van der Waals surface area contributed by atoms with Crippen LogP contribution in [0.25, 0.3) is 17.0 Å². The average Bonchev–Trinajstić information content (AvgIpc) is 2.77. The van der Waals surface area contributed by atoms with Crippen molar-refractivity contribution in [2.45, 2.75) is 12.8 Å². The van der Waals surface area contributed by atoms with Crippen molar-refractivity contribution < 1.29 is 9.59 Å². The highest BCUT2D eigenvalue weighted by atomic mass is 16.2. The van der Waals surface area contributed by atoms with E-state index in [1.807, 2.05) is 42.5 Å². The fraction of sp³-hybridized carbons (Fsp3) is 0.167. The Morgan fingerprint density at radius 2 is 2.05 bits per heavy atom. The number of carbonyl (C=O) groups excluding carboxylic acids is 2. The number of amides is 2. The molecule has 2 aromatic rings. The lowest BCUT2D eigenvalue weighted by atomic mass is 10.2. The lowest BCUT2D eigenvalue weighted by Gasteiger charge is -2.15. The number of benzene rings is 1. The molecule has 0 saturated heterocycles. The van der Waals surface area contributed by atoms with Crippen LogP contribution in [0.5, 0.6) is 0 Å². The van der Waals surface area contributed by atoms with Gasteiger partial charge < -0.3 is 0 Å². The van der Waals surface area contributed by atoms with Gasteiger partial charge in [0.15, 0.2) is 0 Å². The van der Waals surface area contributed by atoms with E-state index in [0.717, 1.165) is 23.7 Å². The molecule has 0 unspecified atom stereocenters. The van der Waals surface area contributed by atoms with Gasteiger partial charge in [0.1, 0.15) is 0 Å².